The van der Waals surface area contributed by atoms with Gasteiger partial charge in [-0.3, -0.25) is 13.9 Å². The van der Waals surface area contributed by atoms with Crippen molar-refractivity contribution in [3.05, 3.63) is 50.7 Å². The van der Waals surface area contributed by atoms with E-state index in [9.17, 15) is 9.59 Å². The largest absolute Gasteiger partial charge is 0.332 e. The van der Waals surface area contributed by atoms with Crippen LogP contribution in [0.1, 0.15) is 38.7 Å². The van der Waals surface area contributed by atoms with Crippen molar-refractivity contribution in [1.29, 1.82) is 0 Å². The SMILES string of the molecule is CCCCCn1c(=O)c2c(nc3n2CC(C)CN3c2cccc(C)c2)n(C)c1=O. The molecule has 2 aromatic heterocycles. The number of fused-ring (bicyclic) bond motifs is 3. The number of aromatic nitrogens is 4. The maximum absolute atomic E-state index is 13.3. The van der Waals surface area contributed by atoms with Crippen molar-refractivity contribution in [2.24, 2.45) is 13.0 Å². The van der Waals surface area contributed by atoms with Crippen LogP contribution in [0, 0.1) is 12.8 Å². The van der Waals surface area contributed by atoms with Crippen LogP contribution in [0.3, 0.4) is 0 Å². The van der Waals surface area contributed by atoms with Crippen molar-refractivity contribution in [1.82, 2.24) is 18.7 Å². The molecule has 1 aromatic carbocycles. The Bertz CT molecular complexity index is 1170. The highest BCUT2D eigenvalue weighted by Gasteiger charge is 2.29. The second-order valence-corrected chi connectivity index (χ2v) is 8.25. The Morgan fingerprint density at radius 3 is 2.69 bits per heavy atom. The fourth-order valence-electron chi connectivity index (χ4n) is 4.24. The van der Waals surface area contributed by atoms with Gasteiger partial charge in [0.15, 0.2) is 11.2 Å². The van der Waals surface area contributed by atoms with Gasteiger partial charge in [0.05, 0.1) is 0 Å². The Morgan fingerprint density at radius 1 is 1.17 bits per heavy atom. The van der Waals surface area contributed by atoms with Crippen LogP contribution < -0.4 is 16.1 Å². The lowest BCUT2D eigenvalue weighted by Gasteiger charge is -2.33. The molecule has 0 saturated carbocycles. The van der Waals surface area contributed by atoms with E-state index in [1.165, 1.54) is 14.7 Å². The van der Waals surface area contributed by atoms with Gasteiger partial charge in [0.25, 0.3) is 5.56 Å². The zero-order valence-electron chi connectivity index (χ0n) is 17.7. The van der Waals surface area contributed by atoms with Crippen LogP contribution in [0.2, 0.25) is 0 Å². The van der Waals surface area contributed by atoms with Gasteiger partial charge in [-0.15, -0.1) is 0 Å². The van der Waals surface area contributed by atoms with Crippen LogP contribution in [-0.4, -0.2) is 25.2 Å². The van der Waals surface area contributed by atoms with Crippen LogP contribution >= 0.6 is 0 Å². The maximum Gasteiger partial charge on any atom is 0.332 e. The van der Waals surface area contributed by atoms with Gasteiger partial charge in [-0.05, 0) is 37.0 Å². The van der Waals surface area contributed by atoms with E-state index in [4.69, 9.17) is 4.98 Å². The van der Waals surface area contributed by atoms with E-state index in [0.717, 1.165) is 44.0 Å². The number of hydrogen-bond acceptors (Lipinski definition) is 4. The Labute approximate surface area is 170 Å². The summed E-state index contributed by atoms with van der Waals surface area (Å²) >= 11 is 0. The molecule has 1 aliphatic heterocycles. The Morgan fingerprint density at radius 2 is 1.97 bits per heavy atom. The zero-order valence-corrected chi connectivity index (χ0v) is 17.7. The summed E-state index contributed by atoms with van der Waals surface area (Å²) in [7, 11) is 1.71. The minimum Gasteiger partial charge on any atom is -0.312 e. The molecule has 3 heterocycles. The molecule has 0 radical (unpaired) electrons. The number of hydrogen-bond donors (Lipinski definition) is 0. The lowest BCUT2D eigenvalue weighted by atomic mass is 10.1. The molecule has 0 bridgehead atoms. The van der Waals surface area contributed by atoms with Gasteiger partial charge < -0.3 is 9.47 Å². The van der Waals surface area contributed by atoms with Crippen molar-refractivity contribution in [2.45, 2.75) is 53.1 Å². The number of nitrogens with zero attached hydrogens (tertiary/aromatic N) is 5. The molecule has 1 aliphatic rings. The monoisotopic (exact) mass is 395 g/mol. The van der Waals surface area contributed by atoms with Crippen molar-refractivity contribution in [3.8, 4) is 0 Å². The van der Waals surface area contributed by atoms with Gasteiger partial charge in [-0.2, -0.15) is 4.98 Å². The summed E-state index contributed by atoms with van der Waals surface area (Å²) in [6.07, 6.45) is 2.86. The number of benzene rings is 1. The topological polar surface area (TPSA) is 65.1 Å². The molecule has 7 heteroatoms. The minimum atomic E-state index is -0.288. The van der Waals surface area contributed by atoms with Gasteiger partial charge in [0, 0.05) is 32.4 Å². The molecule has 154 valence electrons. The molecular weight excluding hydrogens is 366 g/mol. The van der Waals surface area contributed by atoms with Crippen LogP contribution in [0.15, 0.2) is 33.9 Å². The summed E-state index contributed by atoms with van der Waals surface area (Å²) in [5.41, 5.74) is 2.71. The third-order valence-corrected chi connectivity index (χ3v) is 5.74. The molecule has 7 nitrogen and oxygen atoms in total. The first-order valence-electron chi connectivity index (χ1n) is 10.5. The maximum atomic E-state index is 13.3. The van der Waals surface area contributed by atoms with Crippen molar-refractivity contribution < 1.29 is 0 Å². The molecule has 3 aromatic rings. The number of aryl methyl sites for hydroxylation is 2. The second-order valence-electron chi connectivity index (χ2n) is 8.25. The summed E-state index contributed by atoms with van der Waals surface area (Å²) in [5, 5.41) is 0. The summed E-state index contributed by atoms with van der Waals surface area (Å²) < 4.78 is 4.90. The number of imidazole rings is 1. The third kappa shape index (κ3) is 3.28. The van der Waals surface area contributed by atoms with E-state index < -0.39 is 0 Å². The zero-order chi connectivity index (χ0) is 20.7. The van der Waals surface area contributed by atoms with Crippen molar-refractivity contribution >= 4 is 22.8 Å². The van der Waals surface area contributed by atoms with Crippen LogP contribution in [0.5, 0.6) is 0 Å². The first-order valence-corrected chi connectivity index (χ1v) is 10.5. The Kier molecular flexibility index (Phi) is 5.06. The van der Waals surface area contributed by atoms with E-state index in [2.05, 4.69) is 43.9 Å². The quantitative estimate of drug-likeness (QED) is 0.623. The molecular formula is C22H29N5O2. The van der Waals surface area contributed by atoms with E-state index in [0.29, 0.717) is 23.6 Å². The molecule has 0 saturated heterocycles. The summed E-state index contributed by atoms with van der Waals surface area (Å²) in [6, 6.07) is 8.30. The normalized spacial score (nSPS) is 16.4. The van der Waals surface area contributed by atoms with Crippen molar-refractivity contribution in [3.63, 3.8) is 0 Å². The Balaban J connectivity index is 1.93. The molecule has 0 aliphatic carbocycles. The lowest BCUT2D eigenvalue weighted by molar-refractivity contribution is 0.457. The van der Waals surface area contributed by atoms with Gasteiger partial charge in [0.2, 0.25) is 5.95 Å². The smallest absolute Gasteiger partial charge is 0.312 e. The average molecular weight is 396 g/mol. The van der Waals surface area contributed by atoms with Gasteiger partial charge in [-0.1, -0.05) is 38.8 Å². The first-order chi connectivity index (χ1) is 13.9. The third-order valence-electron chi connectivity index (χ3n) is 5.74. The average Bonchev–Trinajstić information content (AvgIpc) is 3.08. The number of anilines is 2. The summed E-state index contributed by atoms with van der Waals surface area (Å²) in [4.78, 5) is 33.1. The highest BCUT2D eigenvalue weighted by atomic mass is 16.2. The molecule has 0 fully saturated rings. The Hall–Kier alpha value is -2.83. The van der Waals surface area contributed by atoms with Crippen LogP contribution in [0.4, 0.5) is 11.6 Å². The predicted octanol–water partition coefficient (Wildman–Crippen LogP) is 3.18. The van der Waals surface area contributed by atoms with Crippen molar-refractivity contribution in [2.75, 3.05) is 11.4 Å². The highest BCUT2D eigenvalue weighted by molar-refractivity contribution is 5.77. The van der Waals surface area contributed by atoms with E-state index in [1.54, 1.807) is 7.05 Å². The van der Waals surface area contributed by atoms with Gasteiger partial charge >= 0.3 is 5.69 Å². The number of unbranched alkanes of at least 4 members (excludes halogenated alkanes) is 2. The summed E-state index contributed by atoms with van der Waals surface area (Å²) in [5.74, 6) is 1.09. The fraction of sp³-hybridized carbons (Fsp3) is 0.500. The molecule has 0 N–H and O–H groups in total. The standard InChI is InChI=1S/C22H29N5O2/c1-5-6-7-11-25-20(28)18-19(24(4)22(25)29)23-21-26(13-16(3)14-27(18)21)17-10-8-9-15(2)12-17/h8-10,12,16H,5-7,11,13-14H2,1-4H3. The molecule has 4 rings (SSSR count). The fourth-order valence-corrected chi connectivity index (χ4v) is 4.24. The summed E-state index contributed by atoms with van der Waals surface area (Å²) in [6.45, 7) is 8.35. The predicted molar refractivity (Wildman–Crippen MR) is 116 cm³/mol. The van der Waals surface area contributed by atoms with E-state index in [-0.39, 0.29) is 11.2 Å². The van der Waals surface area contributed by atoms with Gasteiger partial charge in [-0.25, -0.2) is 4.79 Å². The molecule has 0 spiro atoms. The first kappa shape index (κ1) is 19.5. The second kappa shape index (κ2) is 7.54. The van der Waals surface area contributed by atoms with Gasteiger partial charge in [0.1, 0.15) is 0 Å². The highest BCUT2D eigenvalue weighted by Crippen LogP contribution is 2.33. The number of rotatable bonds is 5. The van der Waals surface area contributed by atoms with E-state index >= 15 is 0 Å². The minimum absolute atomic E-state index is 0.226. The molecule has 29 heavy (non-hydrogen) atoms. The molecule has 1 unspecified atom stereocenters. The van der Waals surface area contributed by atoms with Crippen LogP contribution in [0.25, 0.3) is 11.2 Å². The molecule has 0 amide bonds. The van der Waals surface area contributed by atoms with E-state index in [1.807, 2.05) is 10.6 Å². The lowest BCUT2D eigenvalue weighted by Crippen LogP contribution is -2.40. The molecule has 1 atom stereocenters. The van der Waals surface area contributed by atoms with Crippen LogP contribution in [-0.2, 0) is 20.1 Å².